The lowest BCUT2D eigenvalue weighted by Crippen LogP contribution is -2.55. The molecule has 110 valence electrons. The van der Waals surface area contributed by atoms with Gasteiger partial charge in [0.1, 0.15) is 0 Å². The van der Waals surface area contributed by atoms with E-state index in [4.69, 9.17) is 5.73 Å². The van der Waals surface area contributed by atoms with E-state index in [0.29, 0.717) is 12.1 Å². The van der Waals surface area contributed by atoms with Crippen LogP contribution >= 0.6 is 12.4 Å². The second kappa shape index (κ2) is 6.39. The lowest BCUT2D eigenvalue weighted by atomic mass is 9.88. The van der Waals surface area contributed by atoms with Crippen LogP contribution in [-0.2, 0) is 7.05 Å². The number of halogens is 1. The molecule has 5 nitrogen and oxygen atoms in total. The number of nitrogens with zero attached hydrogens (tertiary/aromatic N) is 2. The molecule has 1 rings (SSSR count). The fourth-order valence-electron chi connectivity index (χ4n) is 1.86. The predicted molar refractivity (Wildman–Crippen MR) is 79.7 cm³/mol. The second-order valence-corrected chi connectivity index (χ2v) is 5.40. The lowest BCUT2D eigenvalue weighted by molar-refractivity contribution is 0.0882. The third-order valence-corrected chi connectivity index (χ3v) is 3.83. The number of carbonyl (C=O) groups is 1. The third-order valence-electron chi connectivity index (χ3n) is 3.83. The molecule has 0 saturated carbocycles. The van der Waals surface area contributed by atoms with Crippen LogP contribution in [0.25, 0.3) is 0 Å². The Kier molecular flexibility index (Phi) is 6.03. The molecule has 1 unspecified atom stereocenters. The van der Waals surface area contributed by atoms with Gasteiger partial charge in [-0.15, -0.1) is 12.4 Å². The molecule has 0 radical (unpaired) electrons. The van der Waals surface area contributed by atoms with Crippen LogP contribution in [0.15, 0.2) is 0 Å². The first kappa shape index (κ1) is 17.9. The molecule has 0 aliphatic rings. The molecule has 0 fully saturated rings. The van der Waals surface area contributed by atoms with E-state index < -0.39 is 5.54 Å². The molecule has 1 heterocycles. The first-order chi connectivity index (χ1) is 8.23. The van der Waals surface area contributed by atoms with E-state index in [2.05, 4.69) is 24.3 Å². The summed E-state index contributed by atoms with van der Waals surface area (Å²) in [7, 11) is 1.84. The quantitative estimate of drug-likeness (QED) is 0.883. The predicted octanol–water partition coefficient (Wildman–Crippen LogP) is 1.56. The fraction of sp³-hybridized carbons (Fsp3) is 0.692. The van der Waals surface area contributed by atoms with Gasteiger partial charge in [-0.1, -0.05) is 13.8 Å². The van der Waals surface area contributed by atoms with Crippen LogP contribution in [0.3, 0.4) is 0 Å². The number of nitrogens with two attached hydrogens (primary N) is 1. The molecule has 1 atom stereocenters. The number of rotatable bonds is 4. The standard InChI is InChI=1S/C13H24N4O.ClH/c1-8(2)13(5,7-14)15-12(18)11-9(3)16-17(6)10(11)4;/h8H,7,14H2,1-6H3,(H,15,18);1H. The van der Waals surface area contributed by atoms with Crippen molar-refractivity contribution in [2.45, 2.75) is 40.2 Å². The van der Waals surface area contributed by atoms with E-state index in [0.717, 1.165) is 11.4 Å². The Labute approximate surface area is 121 Å². The Bertz CT molecular complexity index is 456. The zero-order valence-electron chi connectivity index (χ0n) is 12.6. The van der Waals surface area contributed by atoms with E-state index in [1.807, 2.05) is 27.8 Å². The first-order valence-electron chi connectivity index (χ1n) is 6.25. The number of amides is 1. The van der Waals surface area contributed by atoms with Gasteiger partial charge in [0.05, 0.1) is 16.8 Å². The Hall–Kier alpha value is -1.07. The van der Waals surface area contributed by atoms with Crippen molar-refractivity contribution < 1.29 is 4.79 Å². The number of hydrogen-bond donors (Lipinski definition) is 2. The molecule has 0 saturated heterocycles. The smallest absolute Gasteiger partial charge is 0.255 e. The van der Waals surface area contributed by atoms with E-state index in [1.54, 1.807) is 4.68 Å². The molecular weight excluding hydrogens is 264 g/mol. The maximum atomic E-state index is 12.4. The topological polar surface area (TPSA) is 72.9 Å². The number of aromatic nitrogens is 2. The minimum absolute atomic E-state index is 0. The first-order valence-corrected chi connectivity index (χ1v) is 6.25. The van der Waals surface area contributed by atoms with Gasteiger partial charge >= 0.3 is 0 Å². The number of aryl methyl sites for hydroxylation is 2. The summed E-state index contributed by atoms with van der Waals surface area (Å²) in [5, 5.41) is 7.29. The van der Waals surface area contributed by atoms with Crippen LogP contribution < -0.4 is 11.1 Å². The van der Waals surface area contributed by atoms with Crippen molar-refractivity contribution in [1.29, 1.82) is 0 Å². The van der Waals surface area contributed by atoms with E-state index in [9.17, 15) is 4.79 Å². The highest BCUT2D eigenvalue weighted by molar-refractivity contribution is 5.96. The molecule has 19 heavy (non-hydrogen) atoms. The Morgan fingerprint density at radius 2 is 2.00 bits per heavy atom. The average molecular weight is 289 g/mol. The molecule has 0 aliphatic heterocycles. The zero-order chi connectivity index (χ0) is 14.1. The molecule has 3 N–H and O–H groups in total. The SMILES string of the molecule is Cc1nn(C)c(C)c1C(=O)NC(C)(CN)C(C)C.Cl. The molecule has 0 aromatic carbocycles. The van der Waals surface area contributed by atoms with Crippen LogP contribution in [0.2, 0.25) is 0 Å². The van der Waals surface area contributed by atoms with Crippen LogP contribution in [-0.4, -0.2) is 27.8 Å². The van der Waals surface area contributed by atoms with Gasteiger partial charge in [0.15, 0.2) is 0 Å². The zero-order valence-corrected chi connectivity index (χ0v) is 13.4. The van der Waals surface area contributed by atoms with E-state index in [1.165, 1.54) is 0 Å². The van der Waals surface area contributed by atoms with Crippen molar-refractivity contribution in [2.75, 3.05) is 6.54 Å². The highest BCUT2D eigenvalue weighted by Crippen LogP contribution is 2.18. The highest BCUT2D eigenvalue weighted by atomic mass is 35.5. The summed E-state index contributed by atoms with van der Waals surface area (Å²) in [5.74, 6) is 0.170. The van der Waals surface area contributed by atoms with Crippen molar-refractivity contribution in [2.24, 2.45) is 18.7 Å². The molecule has 1 amide bonds. The number of hydrogen-bond acceptors (Lipinski definition) is 3. The van der Waals surface area contributed by atoms with E-state index >= 15 is 0 Å². The van der Waals surface area contributed by atoms with Crippen LogP contribution in [0.5, 0.6) is 0 Å². The van der Waals surface area contributed by atoms with Gasteiger partial charge in [0, 0.05) is 19.3 Å². The molecule has 0 bridgehead atoms. The van der Waals surface area contributed by atoms with Crippen molar-refractivity contribution >= 4 is 18.3 Å². The second-order valence-electron chi connectivity index (χ2n) is 5.40. The van der Waals surface area contributed by atoms with Gasteiger partial charge in [0.2, 0.25) is 0 Å². The molecule has 1 aromatic rings. The van der Waals surface area contributed by atoms with Crippen molar-refractivity contribution in [3.8, 4) is 0 Å². The summed E-state index contributed by atoms with van der Waals surface area (Å²) in [6.45, 7) is 10.2. The summed E-state index contributed by atoms with van der Waals surface area (Å²) in [4.78, 5) is 12.4. The molecule has 6 heteroatoms. The number of nitrogens with one attached hydrogen (secondary N) is 1. The Morgan fingerprint density at radius 1 is 1.47 bits per heavy atom. The van der Waals surface area contributed by atoms with Gasteiger partial charge in [-0.05, 0) is 26.7 Å². The van der Waals surface area contributed by atoms with Crippen molar-refractivity contribution in [3.05, 3.63) is 17.0 Å². The van der Waals surface area contributed by atoms with Gasteiger partial charge in [-0.25, -0.2) is 0 Å². The molecule has 0 spiro atoms. The van der Waals surface area contributed by atoms with E-state index in [-0.39, 0.29) is 24.2 Å². The lowest BCUT2D eigenvalue weighted by Gasteiger charge is -2.33. The average Bonchev–Trinajstić information content (AvgIpc) is 2.52. The monoisotopic (exact) mass is 288 g/mol. The molecular formula is C13H25ClN4O. The fourth-order valence-corrected chi connectivity index (χ4v) is 1.86. The summed E-state index contributed by atoms with van der Waals surface area (Å²) in [5.41, 5.74) is 7.65. The minimum Gasteiger partial charge on any atom is -0.345 e. The van der Waals surface area contributed by atoms with Gasteiger partial charge in [-0.2, -0.15) is 5.10 Å². The van der Waals surface area contributed by atoms with Crippen LogP contribution in [0, 0.1) is 19.8 Å². The largest absolute Gasteiger partial charge is 0.345 e. The highest BCUT2D eigenvalue weighted by Gasteiger charge is 2.30. The molecule has 0 aliphatic carbocycles. The Morgan fingerprint density at radius 3 is 2.32 bits per heavy atom. The van der Waals surface area contributed by atoms with Gasteiger partial charge in [-0.3, -0.25) is 9.48 Å². The molecule has 1 aromatic heterocycles. The van der Waals surface area contributed by atoms with Crippen LogP contribution in [0.1, 0.15) is 42.5 Å². The van der Waals surface area contributed by atoms with Crippen molar-refractivity contribution in [3.63, 3.8) is 0 Å². The summed E-state index contributed by atoms with van der Waals surface area (Å²) < 4.78 is 1.72. The normalized spacial score (nSPS) is 13.9. The summed E-state index contributed by atoms with van der Waals surface area (Å²) >= 11 is 0. The van der Waals surface area contributed by atoms with Gasteiger partial charge in [0.25, 0.3) is 5.91 Å². The maximum Gasteiger partial charge on any atom is 0.255 e. The van der Waals surface area contributed by atoms with Crippen LogP contribution in [0.4, 0.5) is 0 Å². The Balaban J connectivity index is 0.00000324. The van der Waals surface area contributed by atoms with Crippen molar-refractivity contribution in [1.82, 2.24) is 15.1 Å². The summed E-state index contributed by atoms with van der Waals surface area (Å²) in [6, 6.07) is 0. The third kappa shape index (κ3) is 3.48. The maximum absolute atomic E-state index is 12.4. The van der Waals surface area contributed by atoms with Gasteiger partial charge < -0.3 is 11.1 Å². The number of carbonyl (C=O) groups excluding carboxylic acids is 1. The minimum atomic E-state index is -0.397. The summed E-state index contributed by atoms with van der Waals surface area (Å²) in [6.07, 6.45) is 0.